The molecule has 0 aromatic heterocycles. The van der Waals surface area contributed by atoms with Gasteiger partial charge in [-0.05, 0) is 36.6 Å². The van der Waals surface area contributed by atoms with Crippen molar-refractivity contribution in [1.82, 2.24) is 0 Å². The van der Waals surface area contributed by atoms with E-state index in [1.807, 2.05) is 30.3 Å². The molecule has 0 saturated heterocycles. The van der Waals surface area contributed by atoms with Gasteiger partial charge >= 0.3 is 59.1 Å². The van der Waals surface area contributed by atoms with Crippen LogP contribution in [0.4, 0.5) is 0 Å². The molecule has 2 aromatic carbocycles. The van der Waals surface area contributed by atoms with E-state index in [1.54, 1.807) is 0 Å². The van der Waals surface area contributed by atoms with Gasteiger partial charge in [0, 0.05) is 0 Å². The van der Waals surface area contributed by atoms with E-state index < -0.39 is 0 Å². The number of hydrogen-bond donors (Lipinski definition) is 0. The number of benzene rings is 2. The normalized spacial score (nSPS) is 9.96. The zero-order chi connectivity index (χ0) is 17.6. The molecule has 0 aliphatic rings. The van der Waals surface area contributed by atoms with Crippen molar-refractivity contribution in [2.24, 2.45) is 0 Å². The van der Waals surface area contributed by atoms with Gasteiger partial charge in [0.15, 0.2) is 0 Å². The first kappa shape index (κ1) is 27.2. The van der Waals surface area contributed by atoms with E-state index in [1.165, 1.54) is 69.8 Å². The predicted molar refractivity (Wildman–Crippen MR) is 123 cm³/mol. The molecule has 0 atom stereocenters. The molecule has 0 N–H and O–H groups in total. The Balaban J connectivity index is 0.00000338. The Morgan fingerprint density at radius 1 is 0.593 bits per heavy atom. The van der Waals surface area contributed by atoms with E-state index in [0.29, 0.717) is 0 Å². The topological polar surface area (TPSA) is 9.23 Å². The standard InChI is InChI=1S/C24H34O.2Na.2H/c1-2-3-4-5-6-7-8-9-10-12-17-22-18-15-16-21-24(22)25-23-19-13-11-14-20-23;;;;/h11,13-16,18-21H,2-10,12,17H2,1H3;;;;. The second-order valence-electron chi connectivity index (χ2n) is 6.95. The van der Waals surface area contributed by atoms with E-state index in [0.717, 1.165) is 17.9 Å². The predicted octanol–water partition coefficient (Wildman–Crippen LogP) is 6.65. The van der Waals surface area contributed by atoms with Gasteiger partial charge in [-0.3, -0.25) is 0 Å². The fraction of sp³-hybridized carbons (Fsp3) is 0.500. The first-order valence-corrected chi connectivity index (χ1v) is 10.2. The van der Waals surface area contributed by atoms with E-state index in [9.17, 15) is 0 Å². The molecule has 2 aromatic rings. The van der Waals surface area contributed by atoms with Crippen molar-refractivity contribution < 1.29 is 4.74 Å². The quantitative estimate of drug-likeness (QED) is 0.277. The summed E-state index contributed by atoms with van der Waals surface area (Å²) in [7, 11) is 0. The van der Waals surface area contributed by atoms with Gasteiger partial charge in [-0.15, -0.1) is 0 Å². The van der Waals surface area contributed by atoms with E-state index >= 15 is 0 Å². The maximum absolute atomic E-state index is 6.05. The zero-order valence-electron chi connectivity index (χ0n) is 15.9. The summed E-state index contributed by atoms with van der Waals surface area (Å²) < 4.78 is 6.05. The van der Waals surface area contributed by atoms with E-state index in [2.05, 4.69) is 31.2 Å². The number of unbranched alkanes of at least 4 members (excludes halogenated alkanes) is 9. The van der Waals surface area contributed by atoms with Crippen LogP contribution in [0.25, 0.3) is 0 Å². The van der Waals surface area contributed by atoms with Crippen molar-refractivity contribution in [3.05, 3.63) is 60.2 Å². The average Bonchev–Trinajstić information content (AvgIpc) is 2.65. The molecule has 2 rings (SSSR count). The fourth-order valence-electron chi connectivity index (χ4n) is 3.23. The van der Waals surface area contributed by atoms with Crippen LogP contribution < -0.4 is 4.74 Å². The second kappa shape index (κ2) is 18.3. The Kier molecular flexibility index (Phi) is 18.4. The van der Waals surface area contributed by atoms with Crippen LogP contribution in [0.15, 0.2) is 54.6 Å². The van der Waals surface area contributed by atoms with E-state index in [4.69, 9.17) is 4.74 Å². The molecule has 1 nitrogen and oxygen atoms in total. The fourth-order valence-corrected chi connectivity index (χ4v) is 3.23. The Morgan fingerprint density at radius 2 is 1.11 bits per heavy atom. The van der Waals surface area contributed by atoms with Crippen molar-refractivity contribution in [1.29, 1.82) is 0 Å². The number of para-hydroxylation sites is 2. The summed E-state index contributed by atoms with van der Waals surface area (Å²) in [6, 6.07) is 18.5. The van der Waals surface area contributed by atoms with Crippen molar-refractivity contribution >= 4 is 59.1 Å². The van der Waals surface area contributed by atoms with Gasteiger partial charge in [-0.2, -0.15) is 0 Å². The number of rotatable bonds is 13. The summed E-state index contributed by atoms with van der Waals surface area (Å²) in [5, 5.41) is 0. The first-order chi connectivity index (χ1) is 12.4. The minimum absolute atomic E-state index is 0. The minimum atomic E-state index is 0. The van der Waals surface area contributed by atoms with Gasteiger partial charge in [0.25, 0.3) is 0 Å². The van der Waals surface area contributed by atoms with E-state index in [-0.39, 0.29) is 59.1 Å². The van der Waals surface area contributed by atoms with Crippen LogP contribution in [0.1, 0.15) is 76.7 Å². The Morgan fingerprint density at radius 3 is 1.74 bits per heavy atom. The molecule has 0 aliphatic heterocycles. The maximum atomic E-state index is 6.05. The summed E-state index contributed by atoms with van der Waals surface area (Å²) in [5.41, 5.74) is 1.32. The molecular formula is C24H36Na2O. The molecule has 0 aliphatic carbocycles. The van der Waals surface area contributed by atoms with Crippen LogP contribution in [0, 0.1) is 0 Å². The zero-order valence-corrected chi connectivity index (χ0v) is 15.9. The summed E-state index contributed by atoms with van der Waals surface area (Å²) in [6.45, 7) is 2.28. The van der Waals surface area contributed by atoms with Gasteiger partial charge in [0.2, 0.25) is 0 Å². The molecule has 0 heterocycles. The van der Waals surface area contributed by atoms with Crippen LogP contribution in [-0.4, -0.2) is 59.1 Å². The Bertz CT molecular complexity index is 572. The molecule has 27 heavy (non-hydrogen) atoms. The first-order valence-electron chi connectivity index (χ1n) is 10.2. The molecule has 140 valence electrons. The van der Waals surface area contributed by atoms with Crippen molar-refractivity contribution in [2.75, 3.05) is 0 Å². The molecule has 0 unspecified atom stereocenters. The van der Waals surface area contributed by atoms with Gasteiger partial charge in [-0.25, -0.2) is 0 Å². The second-order valence-corrected chi connectivity index (χ2v) is 6.95. The molecule has 0 fully saturated rings. The molecule has 0 saturated carbocycles. The van der Waals surface area contributed by atoms with Crippen LogP contribution in [-0.2, 0) is 6.42 Å². The molecule has 0 spiro atoms. The van der Waals surface area contributed by atoms with Crippen LogP contribution in [0.2, 0.25) is 0 Å². The number of aryl methyl sites for hydroxylation is 1. The van der Waals surface area contributed by atoms with Crippen molar-refractivity contribution in [2.45, 2.75) is 77.6 Å². The third-order valence-corrected chi connectivity index (χ3v) is 4.74. The summed E-state index contributed by atoms with van der Waals surface area (Å²) in [6.07, 6.45) is 14.9. The molecule has 0 bridgehead atoms. The van der Waals surface area contributed by atoms with Crippen LogP contribution >= 0.6 is 0 Å². The SMILES string of the molecule is CCCCCCCCCCCCc1ccccc1Oc1ccccc1.[NaH].[NaH]. The van der Waals surface area contributed by atoms with Crippen molar-refractivity contribution in [3.63, 3.8) is 0 Å². The van der Waals surface area contributed by atoms with Crippen LogP contribution in [0.3, 0.4) is 0 Å². The van der Waals surface area contributed by atoms with Crippen LogP contribution in [0.5, 0.6) is 11.5 Å². The van der Waals surface area contributed by atoms with Gasteiger partial charge < -0.3 is 4.74 Å². The molecule has 0 radical (unpaired) electrons. The number of hydrogen-bond acceptors (Lipinski definition) is 1. The average molecular weight is 387 g/mol. The summed E-state index contributed by atoms with van der Waals surface area (Å²) in [4.78, 5) is 0. The summed E-state index contributed by atoms with van der Waals surface area (Å²) in [5.74, 6) is 1.92. The Hall–Kier alpha value is 0.240. The number of ether oxygens (including phenoxy) is 1. The van der Waals surface area contributed by atoms with Gasteiger partial charge in [0.05, 0.1) is 0 Å². The molecular weight excluding hydrogens is 350 g/mol. The monoisotopic (exact) mass is 386 g/mol. The summed E-state index contributed by atoms with van der Waals surface area (Å²) >= 11 is 0. The molecule has 3 heteroatoms. The third-order valence-electron chi connectivity index (χ3n) is 4.74. The molecule has 0 amide bonds. The van der Waals surface area contributed by atoms with Gasteiger partial charge in [0.1, 0.15) is 11.5 Å². The van der Waals surface area contributed by atoms with Gasteiger partial charge in [-0.1, -0.05) is 101 Å². The van der Waals surface area contributed by atoms with Crippen molar-refractivity contribution in [3.8, 4) is 11.5 Å². The Labute approximate surface area is 211 Å². The third kappa shape index (κ3) is 12.4.